The summed E-state index contributed by atoms with van der Waals surface area (Å²) in [5, 5.41) is 1.97. The van der Waals surface area contributed by atoms with E-state index in [2.05, 4.69) is 0 Å². The van der Waals surface area contributed by atoms with E-state index in [-0.39, 0.29) is 11.9 Å². The molecule has 86 valence electrons. The van der Waals surface area contributed by atoms with Gasteiger partial charge in [-0.3, -0.25) is 4.79 Å². The summed E-state index contributed by atoms with van der Waals surface area (Å²) in [5.41, 5.74) is 0. The van der Waals surface area contributed by atoms with E-state index in [0.717, 1.165) is 22.8 Å². The molecule has 1 saturated heterocycles. The summed E-state index contributed by atoms with van der Waals surface area (Å²) in [5.74, 6) is 1.89. The minimum atomic E-state index is 0.169. The highest BCUT2D eigenvalue weighted by atomic mass is 32.1. The number of fused-ring (bicyclic) bond motifs is 1. The van der Waals surface area contributed by atoms with Crippen LogP contribution in [0.15, 0.2) is 5.38 Å². The van der Waals surface area contributed by atoms with Crippen molar-refractivity contribution in [3.05, 3.63) is 10.3 Å². The van der Waals surface area contributed by atoms with Crippen LogP contribution in [-0.2, 0) is 4.79 Å². The smallest absolute Gasteiger partial charge is 0.222 e. The summed E-state index contributed by atoms with van der Waals surface area (Å²) in [6.45, 7) is 1.21. The van der Waals surface area contributed by atoms with E-state index in [4.69, 9.17) is 9.47 Å². The summed E-state index contributed by atoms with van der Waals surface area (Å²) in [6.07, 6.45) is 1.51. The van der Waals surface area contributed by atoms with E-state index < -0.39 is 0 Å². The molecule has 4 nitrogen and oxygen atoms in total. The van der Waals surface area contributed by atoms with Gasteiger partial charge in [0.2, 0.25) is 5.91 Å². The third-order valence-electron chi connectivity index (χ3n) is 3.12. The number of carbonyl (C=O) groups is 1. The van der Waals surface area contributed by atoms with Crippen LogP contribution in [0.2, 0.25) is 0 Å². The molecule has 1 amide bonds. The lowest BCUT2D eigenvalue weighted by Gasteiger charge is -2.22. The Balaban J connectivity index is 1.95. The maximum atomic E-state index is 11.5. The molecule has 0 bridgehead atoms. The molecule has 1 fully saturated rings. The minimum Gasteiger partial charge on any atom is -0.485 e. The van der Waals surface area contributed by atoms with Crippen LogP contribution in [0, 0.1) is 0 Å². The van der Waals surface area contributed by atoms with Gasteiger partial charge in [-0.1, -0.05) is 0 Å². The summed E-state index contributed by atoms with van der Waals surface area (Å²) in [6, 6.07) is 0.169. The lowest BCUT2D eigenvalue weighted by molar-refractivity contribution is -0.127. The Morgan fingerprint density at radius 2 is 2.25 bits per heavy atom. The highest BCUT2D eigenvalue weighted by Gasteiger charge is 2.34. The number of hydrogen-bond acceptors (Lipinski definition) is 4. The Hall–Kier alpha value is -1.23. The monoisotopic (exact) mass is 239 g/mol. The first-order valence-electron chi connectivity index (χ1n) is 5.40. The van der Waals surface area contributed by atoms with Gasteiger partial charge in [-0.15, -0.1) is 11.3 Å². The van der Waals surface area contributed by atoms with Crippen LogP contribution in [0.3, 0.4) is 0 Å². The molecule has 0 radical (unpaired) electrons. The zero-order valence-electron chi connectivity index (χ0n) is 9.06. The Morgan fingerprint density at radius 3 is 3.00 bits per heavy atom. The quantitative estimate of drug-likeness (QED) is 0.750. The highest BCUT2D eigenvalue weighted by Crippen LogP contribution is 2.46. The number of thiophene rings is 1. The van der Waals surface area contributed by atoms with E-state index in [1.165, 1.54) is 0 Å². The van der Waals surface area contributed by atoms with Crippen LogP contribution in [-0.4, -0.2) is 31.1 Å². The lowest BCUT2D eigenvalue weighted by Crippen LogP contribution is -2.23. The summed E-state index contributed by atoms with van der Waals surface area (Å²) < 4.78 is 11.1. The average molecular weight is 239 g/mol. The van der Waals surface area contributed by atoms with Crippen molar-refractivity contribution in [1.82, 2.24) is 4.90 Å². The Labute approximate surface area is 97.8 Å². The van der Waals surface area contributed by atoms with Crippen LogP contribution in [0.25, 0.3) is 0 Å². The molecule has 0 aliphatic carbocycles. The van der Waals surface area contributed by atoms with E-state index in [1.54, 1.807) is 11.3 Å². The Bertz CT molecular complexity index is 429. The molecule has 0 aromatic carbocycles. The molecule has 0 spiro atoms. The molecule has 3 heterocycles. The third-order valence-corrected chi connectivity index (χ3v) is 4.17. The largest absolute Gasteiger partial charge is 0.485 e. The molecule has 5 heteroatoms. The third kappa shape index (κ3) is 1.38. The molecule has 1 atom stereocenters. The second kappa shape index (κ2) is 3.66. The first kappa shape index (κ1) is 9.96. The minimum absolute atomic E-state index is 0.169. The standard InChI is InChI=1S/C11H13NO3S/c1-12-7(2-3-9(12)13)11-10-8(6-16-11)14-4-5-15-10/h6-7H,2-5H2,1H3. The van der Waals surface area contributed by atoms with Gasteiger partial charge in [-0.25, -0.2) is 0 Å². The number of carbonyl (C=O) groups excluding carboxylic acids is 1. The van der Waals surface area contributed by atoms with Gasteiger partial charge in [-0.05, 0) is 6.42 Å². The van der Waals surface area contributed by atoms with Crippen molar-refractivity contribution in [1.29, 1.82) is 0 Å². The van der Waals surface area contributed by atoms with Crippen molar-refractivity contribution in [2.75, 3.05) is 20.3 Å². The topological polar surface area (TPSA) is 38.8 Å². The van der Waals surface area contributed by atoms with Crippen molar-refractivity contribution >= 4 is 17.2 Å². The summed E-state index contributed by atoms with van der Waals surface area (Å²) in [7, 11) is 1.86. The van der Waals surface area contributed by atoms with Gasteiger partial charge in [-0.2, -0.15) is 0 Å². The molecule has 1 unspecified atom stereocenters. The van der Waals surface area contributed by atoms with Gasteiger partial charge in [0, 0.05) is 18.8 Å². The predicted molar refractivity (Wildman–Crippen MR) is 60.1 cm³/mol. The number of amides is 1. The number of nitrogens with zero attached hydrogens (tertiary/aromatic N) is 1. The number of likely N-dealkylation sites (tertiary alicyclic amines) is 1. The first-order chi connectivity index (χ1) is 7.77. The molecular formula is C11H13NO3S. The van der Waals surface area contributed by atoms with Crippen molar-refractivity contribution in [2.45, 2.75) is 18.9 Å². The molecule has 0 N–H and O–H groups in total. The van der Waals surface area contributed by atoms with Crippen molar-refractivity contribution in [3.63, 3.8) is 0 Å². The SMILES string of the molecule is CN1C(=O)CCC1c1scc2c1OCCO2. The molecular weight excluding hydrogens is 226 g/mol. The normalized spacial score (nSPS) is 23.9. The molecule has 16 heavy (non-hydrogen) atoms. The van der Waals surface area contributed by atoms with E-state index >= 15 is 0 Å². The van der Waals surface area contributed by atoms with Gasteiger partial charge in [0.25, 0.3) is 0 Å². The van der Waals surface area contributed by atoms with Gasteiger partial charge in [0.1, 0.15) is 13.2 Å². The molecule has 1 aromatic heterocycles. The zero-order valence-corrected chi connectivity index (χ0v) is 9.88. The zero-order chi connectivity index (χ0) is 11.1. The maximum Gasteiger partial charge on any atom is 0.222 e. The summed E-state index contributed by atoms with van der Waals surface area (Å²) in [4.78, 5) is 14.4. The van der Waals surface area contributed by atoms with Crippen molar-refractivity contribution < 1.29 is 14.3 Å². The fourth-order valence-electron chi connectivity index (χ4n) is 2.22. The second-order valence-electron chi connectivity index (χ2n) is 4.05. The van der Waals surface area contributed by atoms with Crippen LogP contribution in [0.1, 0.15) is 23.8 Å². The van der Waals surface area contributed by atoms with Gasteiger partial charge >= 0.3 is 0 Å². The van der Waals surface area contributed by atoms with Crippen molar-refractivity contribution in [2.24, 2.45) is 0 Å². The van der Waals surface area contributed by atoms with Crippen molar-refractivity contribution in [3.8, 4) is 11.5 Å². The van der Waals surface area contributed by atoms with Gasteiger partial charge in [0.15, 0.2) is 11.5 Å². The second-order valence-corrected chi connectivity index (χ2v) is 4.96. The number of hydrogen-bond donors (Lipinski definition) is 0. The predicted octanol–water partition coefficient (Wildman–Crippen LogP) is 1.81. The fourth-order valence-corrected chi connectivity index (χ4v) is 3.33. The van der Waals surface area contributed by atoms with E-state index in [1.807, 2.05) is 17.3 Å². The first-order valence-corrected chi connectivity index (χ1v) is 6.28. The summed E-state index contributed by atoms with van der Waals surface area (Å²) >= 11 is 1.62. The lowest BCUT2D eigenvalue weighted by atomic mass is 10.1. The van der Waals surface area contributed by atoms with E-state index in [0.29, 0.717) is 19.6 Å². The van der Waals surface area contributed by atoms with Crippen LogP contribution < -0.4 is 9.47 Å². The van der Waals surface area contributed by atoms with Crippen LogP contribution in [0.5, 0.6) is 11.5 Å². The Morgan fingerprint density at radius 1 is 1.44 bits per heavy atom. The van der Waals surface area contributed by atoms with E-state index in [9.17, 15) is 4.79 Å². The molecule has 2 aliphatic heterocycles. The maximum absolute atomic E-state index is 11.5. The number of ether oxygens (including phenoxy) is 2. The fraction of sp³-hybridized carbons (Fsp3) is 0.545. The molecule has 1 aromatic rings. The van der Waals surface area contributed by atoms with Gasteiger partial charge < -0.3 is 14.4 Å². The average Bonchev–Trinajstić information content (AvgIpc) is 2.85. The van der Waals surface area contributed by atoms with Gasteiger partial charge in [0.05, 0.1) is 10.9 Å². The molecule has 0 saturated carbocycles. The Kier molecular flexibility index (Phi) is 2.28. The molecule has 3 rings (SSSR count). The highest BCUT2D eigenvalue weighted by molar-refractivity contribution is 7.10. The molecule has 2 aliphatic rings. The van der Waals surface area contributed by atoms with Crippen LogP contribution in [0.4, 0.5) is 0 Å². The number of rotatable bonds is 1. The van der Waals surface area contributed by atoms with Crippen LogP contribution >= 0.6 is 11.3 Å².